The predicted octanol–water partition coefficient (Wildman–Crippen LogP) is 16.2. The van der Waals surface area contributed by atoms with E-state index in [9.17, 15) is 52.7 Å². The van der Waals surface area contributed by atoms with Crippen LogP contribution in [0.25, 0.3) is 0 Å². The molecule has 6 aromatic carbocycles. The van der Waals surface area contributed by atoms with Crippen LogP contribution in [-0.4, -0.2) is 17.0 Å². The standard InChI is InChI=1S/C38H29F12P2.C9H21P.C5H5.Fe/c1-21-8-22(2)11-30(10-21)51(31-12-23(3)9-24(4)13-31)20-25-6-5-7-34(25)52(32-16-26(35(39,40)41)14-27(17-32)36(42,43)44)33-18-28(37(45,46)47)15-29(19-33)38(48,49)50;1-8(2,3)10(7)9(4,5)6;1-2-4-5-3-1;/h5-19H,20H2,1-4H3;1-7H3;1-5H;/q-1;;-1;+2. The summed E-state index contributed by atoms with van der Waals surface area (Å²) in [5, 5.41) is 1.40. The van der Waals surface area contributed by atoms with E-state index in [1.807, 2.05) is 94.4 Å². The minimum Gasteiger partial charge on any atom is -0.214 e. The van der Waals surface area contributed by atoms with Crippen molar-refractivity contribution in [2.24, 2.45) is 0 Å². The fourth-order valence-corrected chi connectivity index (χ4v) is 14.9. The average molecular weight is 1060 g/mol. The Bertz CT molecular complexity index is 2290. The molecule has 0 fully saturated rings. The summed E-state index contributed by atoms with van der Waals surface area (Å²) in [7, 11) is -4.08. The van der Waals surface area contributed by atoms with Crippen LogP contribution in [0.4, 0.5) is 52.7 Å². The van der Waals surface area contributed by atoms with Gasteiger partial charge in [-0.2, -0.15) is 88.6 Å². The van der Waals surface area contributed by atoms with Crippen molar-refractivity contribution in [1.82, 2.24) is 0 Å². The summed E-state index contributed by atoms with van der Waals surface area (Å²) in [6, 6.07) is 27.3. The summed E-state index contributed by atoms with van der Waals surface area (Å²) in [5.41, 5.74) is -2.92. The Morgan fingerprint density at radius 3 is 1.01 bits per heavy atom. The molecule has 0 radical (unpaired) electrons. The van der Waals surface area contributed by atoms with E-state index in [2.05, 4.69) is 48.2 Å². The van der Waals surface area contributed by atoms with Crippen LogP contribution in [0.5, 0.6) is 0 Å². The summed E-state index contributed by atoms with van der Waals surface area (Å²) in [6.45, 7) is 24.0. The van der Waals surface area contributed by atoms with Crippen LogP contribution in [0, 0.1) is 27.7 Å². The first-order valence-corrected chi connectivity index (χ1v) is 25.7. The number of hydrogen-bond acceptors (Lipinski definition) is 0. The molecule has 0 aromatic heterocycles. The maximum Gasteiger partial charge on any atom is 2.00 e. The van der Waals surface area contributed by atoms with Gasteiger partial charge in [-0.15, -0.1) is 5.30 Å². The Morgan fingerprint density at radius 1 is 0.441 bits per heavy atom. The predicted molar refractivity (Wildman–Crippen MR) is 257 cm³/mol. The number of hydrogen-bond donors (Lipinski definition) is 0. The third-order valence-electron chi connectivity index (χ3n) is 10.7. The van der Waals surface area contributed by atoms with Gasteiger partial charge < -0.3 is 0 Å². The second-order valence-electron chi connectivity index (χ2n) is 18.4. The van der Waals surface area contributed by atoms with E-state index >= 15 is 0 Å². The monoisotopic (exact) mass is 1060 g/mol. The molecule has 0 heterocycles. The van der Waals surface area contributed by atoms with Gasteiger partial charge in [-0.1, -0.05) is 122 Å². The van der Waals surface area contributed by atoms with Crippen LogP contribution in [0.15, 0.2) is 121 Å². The van der Waals surface area contributed by atoms with E-state index in [1.165, 1.54) is 12.1 Å². The first-order valence-electron chi connectivity index (χ1n) is 21.0. The molecular weight excluding hydrogens is 1000 g/mol. The third kappa shape index (κ3) is 16.6. The fourth-order valence-electron chi connectivity index (χ4n) is 7.40. The topological polar surface area (TPSA) is 0 Å². The molecule has 0 nitrogen and oxygen atoms in total. The van der Waals surface area contributed by atoms with Crippen LogP contribution in [0.3, 0.4) is 0 Å². The first-order chi connectivity index (χ1) is 30.5. The van der Waals surface area contributed by atoms with Gasteiger partial charge in [-0.3, -0.25) is 0 Å². The zero-order chi connectivity index (χ0) is 50.7. The number of halogens is 12. The molecule has 0 bridgehead atoms. The van der Waals surface area contributed by atoms with Crippen LogP contribution in [0.2, 0.25) is 0 Å². The van der Waals surface area contributed by atoms with Gasteiger partial charge in [-0.05, 0) is 110 Å². The summed E-state index contributed by atoms with van der Waals surface area (Å²) in [6.07, 6.45) is -21.2. The second-order valence-corrected chi connectivity index (χ2v) is 26.6. The van der Waals surface area contributed by atoms with Crippen LogP contribution in [-0.2, 0) is 47.9 Å². The molecular formula is C52H55F12FeP3. The SMILES string of the molecule is CP(C(C)(C)C)C(C)(C)C.Cc1cc(C)cc(P(Cc2cc[cH-]c2P(c2cc(C(F)(F)F)cc(C(F)(F)F)c2)c2cc(C(F)(F)F)cc(C(F)(F)F)c2)c2cc(C)cc(C)c2)c1.[Fe+2].c1cc[cH-]c1. The van der Waals surface area contributed by atoms with E-state index in [0.29, 0.717) is 40.1 Å². The van der Waals surface area contributed by atoms with Crippen molar-refractivity contribution in [1.29, 1.82) is 0 Å². The van der Waals surface area contributed by atoms with Crippen LogP contribution < -0.4 is 26.5 Å². The minimum atomic E-state index is -5.32. The van der Waals surface area contributed by atoms with Crippen molar-refractivity contribution in [2.75, 3.05) is 6.66 Å². The van der Waals surface area contributed by atoms with Crippen molar-refractivity contribution in [3.63, 3.8) is 0 Å². The molecule has 6 rings (SSSR count). The molecule has 0 aliphatic heterocycles. The summed E-state index contributed by atoms with van der Waals surface area (Å²) in [4.78, 5) is 0. The molecule has 0 saturated heterocycles. The van der Waals surface area contributed by atoms with E-state index in [1.54, 1.807) is 6.07 Å². The third-order valence-corrected chi connectivity index (χ3v) is 19.6. The van der Waals surface area contributed by atoms with Gasteiger partial charge in [0.05, 0.1) is 22.3 Å². The Morgan fingerprint density at radius 2 is 0.765 bits per heavy atom. The summed E-state index contributed by atoms with van der Waals surface area (Å²) in [5.74, 6) is 0. The molecule has 0 atom stereocenters. The molecule has 0 unspecified atom stereocenters. The molecule has 370 valence electrons. The maximum atomic E-state index is 14.1. The van der Waals surface area contributed by atoms with E-state index in [0.717, 1.165) is 32.9 Å². The number of aryl methyl sites for hydroxylation is 4. The molecule has 0 aliphatic rings. The van der Waals surface area contributed by atoms with Crippen molar-refractivity contribution in [3.8, 4) is 0 Å². The van der Waals surface area contributed by atoms with E-state index in [-0.39, 0.29) is 48.6 Å². The van der Waals surface area contributed by atoms with Gasteiger partial charge in [-0.25, -0.2) is 18.2 Å². The molecule has 0 aliphatic carbocycles. The Kier molecular flexibility index (Phi) is 19.7. The van der Waals surface area contributed by atoms with Crippen LogP contribution in [0.1, 0.15) is 91.6 Å². The van der Waals surface area contributed by atoms with Gasteiger partial charge in [0.15, 0.2) is 0 Å². The molecule has 16 heteroatoms. The molecule has 68 heavy (non-hydrogen) atoms. The number of rotatable bonds is 7. The first kappa shape index (κ1) is 58.9. The Hall–Kier alpha value is -3.45. The van der Waals surface area contributed by atoms with Gasteiger partial charge >= 0.3 is 41.8 Å². The van der Waals surface area contributed by atoms with E-state index < -0.39 is 73.4 Å². The van der Waals surface area contributed by atoms with Crippen molar-refractivity contribution in [2.45, 2.75) is 110 Å². The maximum absolute atomic E-state index is 14.1. The summed E-state index contributed by atoms with van der Waals surface area (Å²) < 4.78 is 169. The molecule has 0 saturated carbocycles. The van der Waals surface area contributed by atoms with Crippen molar-refractivity contribution < 1.29 is 69.8 Å². The van der Waals surface area contributed by atoms with Gasteiger partial charge in [0, 0.05) is 0 Å². The van der Waals surface area contributed by atoms with Crippen LogP contribution >= 0.6 is 23.8 Å². The smallest absolute Gasteiger partial charge is 0.214 e. The Balaban J connectivity index is 0.000000654. The molecule has 0 amide bonds. The summed E-state index contributed by atoms with van der Waals surface area (Å²) >= 11 is 0. The quantitative estimate of drug-likeness (QED) is 0.0647. The zero-order valence-electron chi connectivity index (χ0n) is 39.5. The number of benzene rings is 4. The average Bonchev–Trinajstić information content (AvgIpc) is 3.90. The van der Waals surface area contributed by atoms with Crippen molar-refractivity contribution >= 4 is 50.3 Å². The van der Waals surface area contributed by atoms with Gasteiger partial charge in [0.2, 0.25) is 0 Å². The number of alkyl halides is 12. The van der Waals surface area contributed by atoms with Gasteiger partial charge in [0.1, 0.15) is 0 Å². The Labute approximate surface area is 406 Å². The van der Waals surface area contributed by atoms with Crippen molar-refractivity contribution in [3.05, 3.63) is 171 Å². The largest absolute Gasteiger partial charge is 2.00 e. The molecule has 0 spiro atoms. The minimum absolute atomic E-state index is 0. The molecule has 0 N–H and O–H groups in total. The fraction of sp³-hybridized carbons (Fsp3) is 0.346. The van der Waals surface area contributed by atoms with Gasteiger partial charge in [0.25, 0.3) is 0 Å². The zero-order valence-corrected chi connectivity index (χ0v) is 43.3. The second kappa shape index (κ2) is 22.7. The molecule has 6 aromatic rings. The van der Waals surface area contributed by atoms with E-state index in [4.69, 9.17) is 0 Å². The normalized spacial score (nSPS) is 12.7.